The summed E-state index contributed by atoms with van der Waals surface area (Å²) in [6.45, 7) is -0.202. The zero-order valence-electron chi connectivity index (χ0n) is 17.6. The summed E-state index contributed by atoms with van der Waals surface area (Å²) in [6.07, 6.45) is -3.45. The van der Waals surface area contributed by atoms with E-state index in [0.29, 0.717) is 10.6 Å². The number of hydrogen-bond donors (Lipinski definition) is 1. The summed E-state index contributed by atoms with van der Waals surface area (Å²) < 4.78 is 49.3. The van der Waals surface area contributed by atoms with Crippen LogP contribution in [-0.4, -0.2) is 30.6 Å². The van der Waals surface area contributed by atoms with Gasteiger partial charge in [-0.1, -0.05) is 35.0 Å². The first-order valence-corrected chi connectivity index (χ1v) is 10.6. The lowest BCUT2D eigenvalue weighted by Gasteiger charge is -2.14. The molecule has 0 spiro atoms. The van der Waals surface area contributed by atoms with Crippen molar-refractivity contribution >= 4 is 28.3 Å². The Morgan fingerprint density at radius 2 is 1.86 bits per heavy atom. The van der Waals surface area contributed by atoms with Gasteiger partial charge in [0.15, 0.2) is 0 Å². The van der Waals surface area contributed by atoms with Gasteiger partial charge in [-0.05, 0) is 48.0 Å². The fourth-order valence-electron chi connectivity index (χ4n) is 3.82. The molecular formula is C24H14ClF3N4O3. The van der Waals surface area contributed by atoms with Crippen LogP contribution in [0, 0.1) is 0 Å². The fourth-order valence-corrected chi connectivity index (χ4v) is 3.95. The van der Waals surface area contributed by atoms with Crippen molar-refractivity contribution in [1.82, 2.24) is 19.7 Å². The van der Waals surface area contributed by atoms with Crippen LogP contribution < -0.4 is 0 Å². The van der Waals surface area contributed by atoms with E-state index in [1.54, 1.807) is 42.5 Å². The number of benzene rings is 2. The third kappa shape index (κ3) is 4.24. The molecule has 3 aromatic heterocycles. The Morgan fingerprint density at radius 3 is 2.54 bits per heavy atom. The lowest BCUT2D eigenvalue weighted by atomic mass is 10.1. The average Bonchev–Trinajstić information content (AvgIpc) is 3.44. The van der Waals surface area contributed by atoms with Crippen molar-refractivity contribution in [2.75, 3.05) is 0 Å². The maximum Gasteiger partial charge on any atom is 0.432 e. The van der Waals surface area contributed by atoms with Crippen LogP contribution in [0.5, 0.6) is 5.75 Å². The Balaban J connectivity index is 1.70. The number of rotatable bonds is 5. The minimum absolute atomic E-state index is 0.0968. The quantitative estimate of drug-likeness (QED) is 0.310. The first-order chi connectivity index (χ1) is 16.7. The molecule has 0 saturated carbocycles. The Kier molecular flexibility index (Phi) is 5.52. The number of pyridine rings is 1. The third-order valence-electron chi connectivity index (χ3n) is 5.31. The van der Waals surface area contributed by atoms with Crippen molar-refractivity contribution in [3.8, 4) is 17.3 Å². The Labute approximate surface area is 200 Å². The standard InChI is InChI=1S/C24H14ClF3N4O3/c25-14-6-4-13(5-7-14)12-32-18-9-8-15(33)11-16(18)19(21(32)24(26,27)28)20(34)22-30-23(35-31-22)17-3-1-2-10-29-17/h1-11,33H,12H2. The van der Waals surface area contributed by atoms with Gasteiger partial charge in [-0.3, -0.25) is 9.78 Å². The molecule has 0 radical (unpaired) electrons. The Morgan fingerprint density at radius 1 is 1.09 bits per heavy atom. The van der Waals surface area contributed by atoms with Crippen LogP contribution in [0.2, 0.25) is 5.02 Å². The van der Waals surface area contributed by atoms with Crippen LogP contribution in [0.25, 0.3) is 22.5 Å². The molecule has 176 valence electrons. The van der Waals surface area contributed by atoms with Gasteiger partial charge in [0.25, 0.3) is 5.89 Å². The van der Waals surface area contributed by atoms with Crippen LogP contribution in [0.4, 0.5) is 13.2 Å². The SMILES string of the molecule is O=C(c1noc(-c2ccccn2)n1)c1c(C(F)(F)F)n(Cc2ccc(Cl)cc2)c2ccc(O)cc12. The second-order valence-electron chi connectivity index (χ2n) is 7.60. The average molecular weight is 499 g/mol. The lowest BCUT2D eigenvalue weighted by Crippen LogP contribution is -2.19. The molecule has 0 aliphatic carbocycles. The van der Waals surface area contributed by atoms with E-state index in [1.165, 1.54) is 18.3 Å². The van der Waals surface area contributed by atoms with Crippen LogP contribution >= 0.6 is 11.6 Å². The van der Waals surface area contributed by atoms with Gasteiger partial charge in [0.05, 0.1) is 5.56 Å². The Hall–Kier alpha value is -4.18. The van der Waals surface area contributed by atoms with Crippen LogP contribution in [0.3, 0.4) is 0 Å². The molecule has 0 aliphatic heterocycles. The van der Waals surface area contributed by atoms with E-state index in [4.69, 9.17) is 16.1 Å². The van der Waals surface area contributed by atoms with Gasteiger partial charge in [-0.2, -0.15) is 18.2 Å². The smallest absolute Gasteiger partial charge is 0.432 e. The summed E-state index contributed by atoms with van der Waals surface area (Å²) in [6, 6.07) is 14.9. The number of nitrogens with zero attached hydrogens (tertiary/aromatic N) is 4. The number of alkyl halides is 3. The molecule has 3 heterocycles. The molecule has 0 aliphatic rings. The van der Waals surface area contributed by atoms with E-state index < -0.39 is 29.0 Å². The molecule has 35 heavy (non-hydrogen) atoms. The summed E-state index contributed by atoms with van der Waals surface area (Å²) in [5.41, 5.74) is -0.992. The second kappa shape index (κ2) is 8.55. The van der Waals surface area contributed by atoms with Gasteiger partial charge >= 0.3 is 6.18 Å². The van der Waals surface area contributed by atoms with Gasteiger partial charge < -0.3 is 14.2 Å². The van der Waals surface area contributed by atoms with Crippen molar-refractivity contribution in [3.05, 3.63) is 94.5 Å². The minimum Gasteiger partial charge on any atom is -0.508 e. The highest BCUT2D eigenvalue weighted by atomic mass is 35.5. The number of carbonyl (C=O) groups excluding carboxylic acids is 1. The van der Waals surface area contributed by atoms with E-state index in [9.17, 15) is 23.1 Å². The van der Waals surface area contributed by atoms with Crippen molar-refractivity contribution in [2.24, 2.45) is 0 Å². The normalized spacial score (nSPS) is 11.8. The molecule has 11 heteroatoms. The maximum atomic E-state index is 14.4. The van der Waals surface area contributed by atoms with Gasteiger partial charge in [0.1, 0.15) is 17.1 Å². The molecule has 5 rings (SSSR count). The molecule has 0 amide bonds. The van der Waals surface area contributed by atoms with Gasteiger partial charge in [-0.25, -0.2) is 0 Å². The van der Waals surface area contributed by atoms with Crippen molar-refractivity contribution in [1.29, 1.82) is 0 Å². The number of phenolic OH excluding ortho intramolecular Hbond substituents is 1. The molecule has 5 aromatic rings. The predicted octanol–water partition coefficient (Wildman–Crippen LogP) is 5.74. The molecule has 0 atom stereocenters. The predicted molar refractivity (Wildman–Crippen MR) is 120 cm³/mol. The minimum atomic E-state index is -4.92. The number of ketones is 1. The second-order valence-corrected chi connectivity index (χ2v) is 8.04. The molecule has 7 nitrogen and oxygen atoms in total. The summed E-state index contributed by atoms with van der Waals surface area (Å²) in [5.74, 6) is -2.08. The monoisotopic (exact) mass is 498 g/mol. The summed E-state index contributed by atoms with van der Waals surface area (Å²) in [5, 5.41) is 13.9. The zero-order valence-corrected chi connectivity index (χ0v) is 18.4. The van der Waals surface area contributed by atoms with Gasteiger partial charge in [0, 0.05) is 28.7 Å². The van der Waals surface area contributed by atoms with E-state index in [2.05, 4.69) is 15.1 Å². The topological polar surface area (TPSA) is 94.0 Å². The van der Waals surface area contributed by atoms with E-state index in [0.717, 1.165) is 10.6 Å². The highest BCUT2D eigenvalue weighted by Gasteiger charge is 2.42. The number of fused-ring (bicyclic) bond motifs is 1. The molecule has 0 saturated heterocycles. The zero-order chi connectivity index (χ0) is 24.7. The first kappa shape index (κ1) is 22.6. The van der Waals surface area contributed by atoms with Gasteiger partial charge in [-0.15, -0.1) is 0 Å². The molecular weight excluding hydrogens is 485 g/mol. The molecule has 0 bridgehead atoms. The number of hydrogen-bond acceptors (Lipinski definition) is 6. The van der Waals surface area contributed by atoms with Crippen molar-refractivity contribution in [3.63, 3.8) is 0 Å². The summed E-state index contributed by atoms with van der Waals surface area (Å²) >= 11 is 5.90. The first-order valence-electron chi connectivity index (χ1n) is 10.2. The lowest BCUT2D eigenvalue weighted by molar-refractivity contribution is -0.143. The van der Waals surface area contributed by atoms with Crippen LogP contribution in [0.1, 0.15) is 27.4 Å². The van der Waals surface area contributed by atoms with Crippen molar-refractivity contribution in [2.45, 2.75) is 12.7 Å². The number of phenols is 1. The third-order valence-corrected chi connectivity index (χ3v) is 5.56. The van der Waals surface area contributed by atoms with Crippen LogP contribution in [-0.2, 0) is 12.7 Å². The Bertz CT molecular complexity index is 1540. The summed E-state index contributed by atoms with van der Waals surface area (Å²) in [7, 11) is 0. The van der Waals surface area contributed by atoms with E-state index in [1.807, 2.05) is 0 Å². The number of aromatic nitrogens is 4. The largest absolute Gasteiger partial charge is 0.508 e. The molecule has 0 fully saturated rings. The van der Waals surface area contributed by atoms with Crippen LogP contribution in [0.15, 0.2) is 71.4 Å². The summed E-state index contributed by atoms with van der Waals surface area (Å²) in [4.78, 5) is 21.4. The highest BCUT2D eigenvalue weighted by Crippen LogP contribution is 2.40. The number of halogens is 4. The van der Waals surface area contributed by atoms with Gasteiger partial charge in [0.2, 0.25) is 11.6 Å². The fraction of sp³-hybridized carbons (Fsp3) is 0.0833. The van der Waals surface area contributed by atoms with Crippen molar-refractivity contribution < 1.29 is 27.6 Å². The number of carbonyl (C=O) groups is 1. The molecule has 0 unspecified atom stereocenters. The van der Waals surface area contributed by atoms with E-state index >= 15 is 0 Å². The molecule has 2 aromatic carbocycles. The molecule has 1 N–H and O–H groups in total. The highest BCUT2D eigenvalue weighted by molar-refractivity contribution is 6.30. The van der Waals surface area contributed by atoms with E-state index in [-0.39, 0.29) is 34.8 Å². The maximum absolute atomic E-state index is 14.4. The number of aromatic hydroxyl groups is 1.